The van der Waals surface area contributed by atoms with E-state index in [1.54, 1.807) is 0 Å². The Labute approximate surface area is 85.5 Å². The number of alkyl halides is 5. The van der Waals surface area contributed by atoms with Gasteiger partial charge in [-0.3, -0.25) is 4.79 Å². The Hall–Kier alpha value is -1.60. The maximum Gasteiger partial charge on any atom is 0.449 e. The number of carbonyl (C=O) groups is 1. The first-order valence-corrected chi connectivity index (χ1v) is 3.90. The average Bonchev–Trinajstić information content (AvgIpc) is 2.47. The third-order valence-electron chi connectivity index (χ3n) is 1.62. The van der Waals surface area contributed by atoms with Crippen LogP contribution in [-0.4, -0.2) is 11.1 Å². The van der Waals surface area contributed by atoms with E-state index in [9.17, 15) is 26.7 Å². The predicted octanol–water partition coefficient (Wildman–Crippen LogP) is 2.86. The molecule has 0 unspecified atom stereocenters. The first-order valence-electron chi connectivity index (χ1n) is 3.90. The number of rotatable bonds is 3. The van der Waals surface area contributed by atoms with Crippen LogP contribution in [0.1, 0.15) is 17.9 Å². The van der Waals surface area contributed by atoms with Gasteiger partial charge in [-0.1, -0.05) is 0 Å². The van der Waals surface area contributed by atoms with E-state index >= 15 is 0 Å². The number of furan rings is 1. The van der Waals surface area contributed by atoms with Crippen LogP contribution in [0.25, 0.3) is 0 Å². The molecule has 0 aromatic carbocycles. The summed E-state index contributed by atoms with van der Waals surface area (Å²) in [6.07, 6.45) is -6.50. The molecule has 0 bridgehead atoms. The zero-order valence-corrected chi connectivity index (χ0v) is 7.52. The minimum atomic E-state index is -4.88. The fourth-order valence-corrected chi connectivity index (χ4v) is 0.964. The molecule has 0 atom stereocenters. The molecule has 0 amide bonds. The van der Waals surface area contributed by atoms with Crippen LogP contribution in [0.2, 0.25) is 0 Å². The molecule has 1 aromatic rings. The summed E-state index contributed by atoms with van der Waals surface area (Å²) >= 11 is 0. The van der Waals surface area contributed by atoms with Crippen LogP contribution in [0.5, 0.6) is 0 Å². The second-order valence-electron chi connectivity index (χ2n) is 2.94. The molecule has 1 heterocycles. The standard InChI is InChI=1S/C8H5F5O3/c9-7(10,3-6(14)15)4-1-2-5(16-4)8(11,12)13/h1-2H,3H2,(H,14,15). The lowest BCUT2D eigenvalue weighted by molar-refractivity contribution is -0.157. The van der Waals surface area contributed by atoms with Gasteiger partial charge in [-0.2, -0.15) is 22.0 Å². The van der Waals surface area contributed by atoms with E-state index in [2.05, 4.69) is 4.42 Å². The van der Waals surface area contributed by atoms with Crippen molar-refractivity contribution in [2.75, 3.05) is 0 Å². The van der Waals surface area contributed by atoms with E-state index in [1.807, 2.05) is 0 Å². The molecule has 1 aromatic heterocycles. The van der Waals surface area contributed by atoms with Crippen LogP contribution in [-0.2, 0) is 16.9 Å². The van der Waals surface area contributed by atoms with Crippen molar-refractivity contribution in [2.45, 2.75) is 18.5 Å². The van der Waals surface area contributed by atoms with Gasteiger partial charge in [0, 0.05) is 0 Å². The third kappa shape index (κ3) is 2.71. The van der Waals surface area contributed by atoms with Crippen LogP contribution in [0.15, 0.2) is 16.5 Å². The summed E-state index contributed by atoms with van der Waals surface area (Å²) in [5.74, 6) is -8.71. The molecular weight excluding hydrogens is 239 g/mol. The smallest absolute Gasteiger partial charge is 0.449 e. The van der Waals surface area contributed by atoms with Gasteiger partial charge < -0.3 is 9.52 Å². The number of carboxylic acids is 1. The van der Waals surface area contributed by atoms with Crippen molar-refractivity contribution in [2.24, 2.45) is 0 Å². The summed E-state index contributed by atoms with van der Waals surface area (Å²) in [5, 5.41) is 8.13. The van der Waals surface area contributed by atoms with Gasteiger partial charge in [-0.25, -0.2) is 0 Å². The maximum absolute atomic E-state index is 13.0. The van der Waals surface area contributed by atoms with E-state index in [-0.39, 0.29) is 0 Å². The summed E-state index contributed by atoms with van der Waals surface area (Å²) in [7, 11) is 0. The minimum Gasteiger partial charge on any atom is -0.481 e. The van der Waals surface area contributed by atoms with E-state index in [4.69, 9.17) is 5.11 Å². The number of halogens is 5. The highest BCUT2D eigenvalue weighted by atomic mass is 19.4. The molecule has 3 nitrogen and oxygen atoms in total. The Kier molecular flexibility index (Phi) is 2.93. The van der Waals surface area contributed by atoms with E-state index in [0.717, 1.165) is 0 Å². The van der Waals surface area contributed by atoms with Gasteiger partial charge in [0.2, 0.25) is 5.76 Å². The van der Waals surface area contributed by atoms with Gasteiger partial charge >= 0.3 is 18.1 Å². The molecule has 90 valence electrons. The molecule has 0 aliphatic rings. The molecule has 0 fully saturated rings. The third-order valence-corrected chi connectivity index (χ3v) is 1.62. The van der Waals surface area contributed by atoms with Crippen LogP contribution in [0.4, 0.5) is 22.0 Å². The van der Waals surface area contributed by atoms with Gasteiger partial charge in [0.25, 0.3) is 0 Å². The lowest BCUT2D eigenvalue weighted by Crippen LogP contribution is -2.17. The highest BCUT2D eigenvalue weighted by Gasteiger charge is 2.42. The normalized spacial score (nSPS) is 12.8. The first-order chi connectivity index (χ1) is 7.13. The van der Waals surface area contributed by atoms with Crippen molar-refractivity contribution in [3.8, 4) is 0 Å². The predicted molar refractivity (Wildman–Crippen MR) is 39.9 cm³/mol. The highest BCUT2D eigenvalue weighted by Crippen LogP contribution is 2.37. The summed E-state index contributed by atoms with van der Waals surface area (Å²) in [4.78, 5) is 10.0. The lowest BCUT2D eigenvalue weighted by atomic mass is 10.2. The van der Waals surface area contributed by atoms with Crippen molar-refractivity contribution in [3.63, 3.8) is 0 Å². The fourth-order valence-electron chi connectivity index (χ4n) is 0.964. The second-order valence-corrected chi connectivity index (χ2v) is 2.94. The monoisotopic (exact) mass is 244 g/mol. The van der Waals surface area contributed by atoms with Crippen LogP contribution in [0.3, 0.4) is 0 Å². The van der Waals surface area contributed by atoms with Crippen molar-refractivity contribution < 1.29 is 36.3 Å². The molecule has 16 heavy (non-hydrogen) atoms. The zero-order chi connectivity index (χ0) is 12.6. The van der Waals surface area contributed by atoms with Gasteiger partial charge in [-0.15, -0.1) is 0 Å². The number of aliphatic carboxylic acids is 1. The Balaban J connectivity index is 2.97. The first kappa shape index (κ1) is 12.5. The Morgan fingerprint density at radius 2 is 1.69 bits per heavy atom. The average molecular weight is 244 g/mol. The topological polar surface area (TPSA) is 50.4 Å². The fraction of sp³-hybridized carbons (Fsp3) is 0.375. The molecule has 1 rings (SSSR count). The van der Waals surface area contributed by atoms with Gasteiger partial charge in [0.15, 0.2) is 5.76 Å². The number of hydrogen-bond acceptors (Lipinski definition) is 2. The SMILES string of the molecule is O=C(O)CC(F)(F)c1ccc(C(F)(F)F)o1. The van der Waals surface area contributed by atoms with Gasteiger partial charge in [0.05, 0.1) is 0 Å². The van der Waals surface area contributed by atoms with Crippen LogP contribution in [0, 0.1) is 0 Å². The molecule has 0 aliphatic heterocycles. The van der Waals surface area contributed by atoms with Crippen molar-refractivity contribution in [3.05, 3.63) is 23.7 Å². The summed E-state index contributed by atoms with van der Waals surface area (Å²) in [6.45, 7) is 0. The molecule has 0 saturated heterocycles. The van der Waals surface area contributed by atoms with Crippen LogP contribution < -0.4 is 0 Å². The Bertz CT molecular complexity index is 393. The highest BCUT2D eigenvalue weighted by molar-refractivity contribution is 5.68. The largest absolute Gasteiger partial charge is 0.481 e. The molecule has 0 aliphatic carbocycles. The second kappa shape index (κ2) is 3.76. The zero-order valence-electron chi connectivity index (χ0n) is 7.52. The summed E-state index contributed by atoms with van der Waals surface area (Å²) in [6, 6.07) is 0.733. The Morgan fingerprint density at radius 3 is 2.06 bits per heavy atom. The minimum absolute atomic E-state index is 0.324. The maximum atomic E-state index is 13.0. The summed E-state index contributed by atoms with van der Waals surface area (Å²) in [5.41, 5.74) is 0. The van der Waals surface area contributed by atoms with Crippen LogP contribution >= 0.6 is 0 Å². The quantitative estimate of drug-likeness (QED) is 0.831. The van der Waals surface area contributed by atoms with Gasteiger partial charge in [0.1, 0.15) is 6.42 Å². The van der Waals surface area contributed by atoms with E-state index < -0.39 is 36.0 Å². The molecular formula is C8H5F5O3. The van der Waals surface area contributed by atoms with E-state index in [1.165, 1.54) is 0 Å². The van der Waals surface area contributed by atoms with Crippen molar-refractivity contribution in [1.29, 1.82) is 0 Å². The lowest BCUT2D eigenvalue weighted by Gasteiger charge is -2.10. The summed E-state index contributed by atoms with van der Waals surface area (Å²) < 4.78 is 65.8. The van der Waals surface area contributed by atoms with E-state index in [0.29, 0.717) is 12.1 Å². The van der Waals surface area contributed by atoms with Crippen molar-refractivity contribution >= 4 is 5.97 Å². The van der Waals surface area contributed by atoms with Crippen molar-refractivity contribution in [1.82, 2.24) is 0 Å². The molecule has 1 N–H and O–H groups in total. The molecule has 0 radical (unpaired) electrons. The Morgan fingerprint density at radius 1 is 1.19 bits per heavy atom. The van der Waals surface area contributed by atoms with Gasteiger partial charge in [-0.05, 0) is 12.1 Å². The molecule has 0 saturated carbocycles. The number of carboxylic acid groups (broad SMARTS) is 1. The molecule has 8 heteroatoms. The molecule has 0 spiro atoms. The number of hydrogen-bond donors (Lipinski definition) is 1.